The molecule has 7 nitrogen and oxygen atoms in total. The van der Waals surface area contributed by atoms with Gasteiger partial charge in [-0.1, -0.05) is 54.7 Å². The third kappa shape index (κ3) is 6.47. The molecule has 0 radical (unpaired) electrons. The van der Waals surface area contributed by atoms with Gasteiger partial charge in [-0.25, -0.2) is 8.78 Å². The monoisotopic (exact) mass is 573 g/mol. The molecule has 6 unspecified atom stereocenters. The molecule has 0 bridgehead atoms. The zero-order valence-corrected chi connectivity index (χ0v) is 22.7. The maximum atomic E-state index is 15.5. The minimum Gasteiger partial charge on any atom is -0.396 e. The van der Waals surface area contributed by atoms with Crippen LogP contribution in [0.5, 0.6) is 0 Å². The Morgan fingerprint density at radius 3 is 2.58 bits per heavy atom. The fourth-order valence-electron chi connectivity index (χ4n) is 5.39. The number of carbonyl (C=O) groups excluding carboxylic acids is 1. The van der Waals surface area contributed by atoms with Crippen molar-refractivity contribution in [3.63, 3.8) is 0 Å². The molecule has 11 heteroatoms. The summed E-state index contributed by atoms with van der Waals surface area (Å²) in [6, 6.07) is 6.68. The molecule has 1 saturated heterocycles. The number of carbonyl (C=O) groups is 1. The lowest BCUT2D eigenvalue weighted by Gasteiger charge is -2.39. The van der Waals surface area contributed by atoms with E-state index in [1.165, 1.54) is 24.3 Å². The third-order valence-electron chi connectivity index (χ3n) is 7.47. The van der Waals surface area contributed by atoms with Crippen molar-refractivity contribution in [3.05, 3.63) is 69.2 Å². The van der Waals surface area contributed by atoms with E-state index in [4.69, 9.17) is 34.0 Å². The molecule has 3 rings (SSSR count). The zero-order valence-electron chi connectivity index (χ0n) is 21.1. The van der Waals surface area contributed by atoms with Crippen LogP contribution in [0.1, 0.15) is 49.7 Å². The van der Waals surface area contributed by atoms with Crippen molar-refractivity contribution in [2.75, 3.05) is 19.8 Å². The van der Waals surface area contributed by atoms with E-state index in [0.29, 0.717) is 19.3 Å². The SMILES string of the molecule is CCC(CCO)CC1NC(C(=O)NCCC(O)CO)C(c2cccc(Cl)c2F)C1(N)c1ccc(Cl)cc1F. The lowest BCUT2D eigenvalue weighted by atomic mass is 9.69. The number of benzene rings is 2. The number of rotatable bonds is 12. The number of hydrogen-bond donors (Lipinski definition) is 6. The van der Waals surface area contributed by atoms with Gasteiger partial charge in [-0.3, -0.25) is 4.79 Å². The molecule has 0 aromatic heterocycles. The molecule has 6 atom stereocenters. The molecule has 0 aliphatic carbocycles. The lowest BCUT2D eigenvalue weighted by Crippen LogP contribution is -2.52. The second-order valence-corrected chi connectivity index (χ2v) is 10.7. The van der Waals surface area contributed by atoms with Crippen molar-refractivity contribution < 1.29 is 28.9 Å². The van der Waals surface area contributed by atoms with Gasteiger partial charge < -0.3 is 31.7 Å². The van der Waals surface area contributed by atoms with E-state index in [1.807, 2.05) is 6.92 Å². The Kier molecular flexibility index (Phi) is 10.9. The maximum absolute atomic E-state index is 15.5. The Morgan fingerprint density at radius 1 is 1.21 bits per heavy atom. The lowest BCUT2D eigenvalue weighted by molar-refractivity contribution is -0.123. The Hall–Kier alpha value is -1.85. The van der Waals surface area contributed by atoms with E-state index in [9.17, 15) is 15.0 Å². The molecule has 1 aliphatic heterocycles. The van der Waals surface area contributed by atoms with Crippen molar-refractivity contribution >= 4 is 29.1 Å². The number of hydrogen-bond acceptors (Lipinski definition) is 6. The van der Waals surface area contributed by atoms with Crippen molar-refractivity contribution in [3.8, 4) is 0 Å². The van der Waals surface area contributed by atoms with Gasteiger partial charge in [0.1, 0.15) is 11.6 Å². The average Bonchev–Trinajstić information content (AvgIpc) is 3.17. The molecule has 1 amide bonds. The summed E-state index contributed by atoms with van der Waals surface area (Å²) in [5.74, 6) is -3.08. The average molecular weight is 574 g/mol. The van der Waals surface area contributed by atoms with Crippen LogP contribution >= 0.6 is 23.2 Å². The number of nitrogens with two attached hydrogens (primary N) is 1. The van der Waals surface area contributed by atoms with Crippen LogP contribution in [0.15, 0.2) is 36.4 Å². The first-order chi connectivity index (χ1) is 18.1. The highest BCUT2D eigenvalue weighted by molar-refractivity contribution is 6.31. The minimum absolute atomic E-state index is 0.0119. The highest BCUT2D eigenvalue weighted by Gasteiger charge is 2.58. The standard InChI is InChI=1S/C27H35Cl2F2N3O4/c1-2-15(9-11-35)12-22-27(32,19-7-6-16(28)13-21(19)30)23(18-4-3-5-20(29)24(18)31)25(34-22)26(38)33-10-8-17(37)14-36/h3-7,13,15,17,22-23,25,34-37H,2,8-12,14,32H2,1H3,(H,33,38). The first-order valence-corrected chi connectivity index (χ1v) is 13.5. The predicted molar refractivity (Wildman–Crippen MR) is 143 cm³/mol. The molecule has 1 heterocycles. The zero-order chi connectivity index (χ0) is 28.0. The molecule has 0 saturated carbocycles. The van der Waals surface area contributed by atoms with Crippen LogP contribution in [-0.2, 0) is 10.3 Å². The van der Waals surface area contributed by atoms with Gasteiger partial charge in [0.15, 0.2) is 0 Å². The largest absolute Gasteiger partial charge is 0.396 e. The fraction of sp³-hybridized carbons (Fsp3) is 0.519. The summed E-state index contributed by atoms with van der Waals surface area (Å²) >= 11 is 12.1. The van der Waals surface area contributed by atoms with Crippen molar-refractivity contribution in [2.24, 2.45) is 11.7 Å². The van der Waals surface area contributed by atoms with E-state index in [2.05, 4.69) is 10.6 Å². The van der Waals surface area contributed by atoms with Gasteiger partial charge in [0.25, 0.3) is 0 Å². The Labute approximate surface area is 231 Å². The Morgan fingerprint density at radius 2 is 1.95 bits per heavy atom. The summed E-state index contributed by atoms with van der Waals surface area (Å²) in [4.78, 5) is 13.5. The quantitative estimate of drug-likeness (QED) is 0.231. The van der Waals surface area contributed by atoms with Gasteiger partial charge in [-0.15, -0.1) is 0 Å². The highest BCUT2D eigenvalue weighted by atomic mass is 35.5. The van der Waals surface area contributed by atoms with E-state index in [-0.39, 0.29) is 46.7 Å². The Bertz CT molecular complexity index is 1110. The molecule has 1 fully saturated rings. The minimum atomic E-state index is -1.62. The molecule has 2 aromatic carbocycles. The second kappa shape index (κ2) is 13.5. The maximum Gasteiger partial charge on any atom is 0.237 e. The van der Waals surface area contributed by atoms with Crippen molar-refractivity contribution in [1.29, 1.82) is 0 Å². The predicted octanol–water partition coefficient (Wildman–Crippen LogP) is 3.21. The van der Waals surface area contributed by atoms with E-state index in [1.54, 1.807) is 6.07 Å². The number of aliphatic hydroxyl groups excluding tert-OH is 3. The molecule has 2 aromatic rings. The smallest absolute Gasteiger partial charge is 0.237 e. The van der Waals surface area contributed by atoms with Crippen LogP contribution < -0.4 is 16.4 Å². The van der Waals surface area contributed by atoms with E-state index < -0.39 is 53.8 Å². The summed E-state index contributed by atoms with van der Waals surface area (Å²) in [5, 5.41) is 34.3. The summed E-state index contributed by atoms with van der Waals surface area (Å²) < 4.78 is 31.1. The van der Waals surface area contributed by atoms with Crippen molar-refractivity contribution in [1.82, 2.24) is 10.6 Å². The molecule has 210 valence electrons. The second-order valence-electron chi connectivity index (χ2n) is 9.81. The molecule has 0 spiro atoms. The molecule has 7 N–H and O–H groups in total. The fourth-order valence-corrected chi connectivity index (χ4v) is 5.74. The van der Waals surface area contributed by atoms with Gasteiger partial charge in [0, 0.05) is 35.7 Å². The van der Waals surface area contributed by atoms with Crippen LogP contribution in [0.3, 0.4) is 0 Å². The first kappa shape index (κ1) is 30.7. The first-order valence-electron chi connectivity index (χ1n) is 12.7. The highest BCUT2D eigenvalue weighted by Crippen LogP contribution is 2.49. The number of halogens is 4. The summed E-state index contributed by atoms with van der Waals surface area (Å²) in [5.41, 5.74) is 5.62. The summed E-state index contributed by atoms with van der Waals surface area (Å²) in [7, 11) is 0. The molecule has 1 aliphatic rings. The molecular formula is C27H35Cl2F2N3O4. The van der Waals surface area contributed by atoms with Crippen LogP contribution in [-0.4, -0.2) is 59.2 Å². The number of aliphatic hydroxyl groups is 3. The van der Waals surface area contributed by atoms with Crippen LogP contribution in [0.2, 0.25) is 10.0 Å². The van der Waals surface area contributed by atoms with Gasteiger partial charge in [0.05, 0.1) is 29.3 Å². The van der Waals surface area contributed by atoms with Gasteiger partial charge in [-0.2, -0.15) is 0 Å². The van der Waals surface area contributed by atoms with Gasteiger partial charge >= 0.3 is 0 Å². The van der Waals surface area contributed by atoms with Crippen molar-refractivity contribution in [2.45, 2.75) is 62.3 Å². The number of nitrogens with one attached hydrogen (secondary N) is 2. The van der Waals surface area contributed by atoms with Crippen LogP contribution in [0, 0.1) is 17.6 Å². The van der Waals surface area contributed by atoms with E-state index in [0.717, 1.165) is 6.07 Å². The van der Waals surface area contributed by atoms with Gasteiger partial charge in [-0.05, 0) is 48.9 Å². The topological polar surface area (TPSA) is 128 Å². The van der Waals surface area contributed by atoms with Crippen LogP contribution in [0.25, 0.3) is 0 Å². The normalized spacial score (nSPS) is 24.8. The third-order valence-corrected chi connectivity index (χ3v) is 8.00. The Balaban J connectivity index is 2.16. The molecule has 38 heavy (non-hydrogen) atoms. The van der Waals surface area contributed by atoms with E-state index >= 15 is 8.78 Å². The molecular weight excluding hydrogens is 539 g/mol. The summed E-state index contributed by atoms with van der Waals surface area (Å²) in [6.07, 6.45) is 0.634. The van der Waals surface area contributed by atoms with Crippen LogP contribution in [0.4, 0.5) is 8.78 Å². The summed E-state index contributed by atoms with van der Waals surface area (Å²) in [6.45, 7) is 1.49. The number of amides is 1. The van der Waals surface area contributed by atoms with Gasteiger partial charge in [0.2, 0.25) is 5.91 Å².